The molecule has 12 heteroatoms. The number of nitrogens with zero attached hydrogens (tertiary/aromatic N) is 7. The van der Waals surface area contributed by atoms with Gasteiger partial charge in [0.05, 0.1) is 41.3 Å². The second-order valence-corrected chi connectivity index (χ2v) is 17.6. The zero-order valence-corrected chi connectivity index (χ0v) is 37.6. The van der Waals surface area contributed by atoms with Crippen LogP contribution in [-0.2, 0) is 11.3 Å². The number of rotatable bonds is 9. The first-order valence-electron chi connectivity index (χ1n) is 22.2. The molecule has 0 unspecified atom stereocenters. The van der Waals surface area contributed by atoms with Gasteiger partial charge in [0.2, 0.25) is 0 Å². The number of imidazole rings is 1. The minimum atomic E-state index is 0.0456. The highest BCUT2D eigenvalue weighted by molar-refractivity contribution is 5.98. The summed E-state index contributed by atoms with van der Waals surface area (Å²) in [5, 5.41) is 25.3. The van der Waals surface area contributed by atoms with Crippen LogP contribution in [-0.4, -0.2) is 80.1 Å². The second kappa shape index (κ2) is 18.8. The average Bonchev–Trinajstić information content (AvgIpc) is 3.87. The van der Waals surface area contributed by atoms with Crippen LogP contribution in [0.25, 0.3) is 22.6 Å². The van der Waals surface area contributed by atoms with E-state index in [1.807, 2.05) is 92.9 Å². The number of amides is 2. The van der Waals surface area contributed by atoms with Crippen molar-refractivity contribution in [2.24, 2.45) is 0 Å². The Balaban J connectivity index is 0.000000175. The monoisotopic (exact) mass is 853 g/mol. The molecule has 4 aromatic carbocycles. The van der Waals surface area contributed by atoms with Gasteiger partial charge in [0, 0.05) is 61.5 Å². The summed E-state index contributed by atoms with van der Waals surface area (Å²) in [6.07, 6.45) is 5.50. The number of aromatic amines is 2. The van der Waals surface area contributed by atoms with Crippen molar-refractivity contribution >= 4 is 11.8 Å². The summed E-state index contributed by atoms with van der Waals surface area (Å²) in [5.41, 5.74) is 13.3. The van der Waals surface area contributed by atoms with Crippen molar-refractivity contribution in [3.63, 3.8) is 0 Å². The Bertz CT molecular complexity index is 2750. The second-order valence-electron chi connectivity index (χ2n) is 17.6. The van der Waals surface area contributed by atoms with E-state index in [0.29, 0.717) is 60.0 Å². The predicted octanol–water partition coefficient (Wildman–Crippen LogP) is 9.51. The van der Waals surface area contributed by atoms with Crippen molar-refractivity contribution in [2.45, 2.75) is 91.1 Å². The summed E-state index contributed by atoms with van der Waals surface area (Å²) in [5.74, 6) is 3.70. The lowest BCUT2D eigenvalue weighted by Crippen LogP contribution is -2.48. The minimum Gasteiger partial charge on any atom is -0.378 e. The molecule has 326 valence electrons. The molecule has 0 bridgehead atoms. The van der Waals surface area contributed by atoms with E-state index in [-0.39, 0.29) is 11.8 Å². The number of benzene rings is 4. The van der Waals surface area contributed by atoms with Crippen molar-refractivity contribution in [1.82, 2.24) is 34.9 Å². The Morgan fingerprint density at radius 1 is 0.688 bits per heavy atom. The molecule has 3 aliphatic rings. The number of likely N-dealkylation sites (tertiary alicyclic amines) is 2. The smallest absolute Gasteiger partial charge is 0.254 e. The fourth-order valence-electron chi connectivity index (χ4n) is 9.30. The van der Waals surface area contributed by atoms with Gasteiger partial charge >= 0.3 is 0 Å². The van der Waals surface area contributed by atoms with Gasteiger partial charge in [-0.2, -0.15) is 15.6 Å². The Morgan fingerprint density at radius 2 is 1.27 bits per heavy atom. The molecule has 12 nitrogen and oxygen atoms in total. The molecule has 2 aromatic heterocycles. The number of carbonyl (C=O) groups excluding carboxylic acids is 2. The number of hydrogen-bond acceptors (Lipinski definition) is 8. The van der Waals surface area contributed by atoms with E-state index < -0.39 is 0 Å². The first kappa shape index (κ1) is 43.7. The quantitative estimate of drug-likeness (QED) is 0.145. The summed E-state index contributed by atoms with van der Waals surface area (Å²) in [7, 11) is 1.66. The van der Waals surface area contributed by atoms with Gasteiger partial charge in [-0.25, -0.2) is 9.97 Å². The van der Waals surface area contributed by atoms with E-state index in [1.165, 1.54) is 36.0 Å². The summed E-state index contributed by atoms with van der Waals surface area (Å²) in [6.45, 7) is 13.2. The molecule has 0 atom stereocenters. The van der Waals surface area contributed by atoms with E-state index in [9.17, 15) is 9.59 Å². The van der Waals surface area contributed by atoms with E-state index in [1.54, 1.807) is 7.11 Å². The number of aromatic nitrogens is 5. The molecule has 6 aromatic rings. The normalized spacial score (nSPS) is 15.4. The minimum absolute atomic E-state index is 0.0456. The van der Waals surface area contributed by atoms with E-state index in [0.717, 1.165) is 82.3 Å². The van der Waals surface area contributed by atoms with E-state index in [2.05, 4.69) is 61.6 Å². The Hall–Kier alpha value is -6.89. The number of carbonyl (C=O) groups is 2. The highest BCUT2D eigenvalue weighted by atomic mass is 16.5. The number of H-pyrrole nitrogens is 2. The van der Waals surface area contributed by atoms with Crippen LogP contribution >= 0.6 is 0 Å². The lowest BCUT2D eigenvalue weighted by molar-refractivity contribution is 0.0601. The topological polar surface area (TPSA) is 168 Å². The van der Waals surface area contributed by atoms with E-state index >= 15 is 0 Å². The third-order valence-corrected chi connectivity index (χ3v) is 13.2. The van der Waals surface area contributed by atoms with Crippen molar-refractivity contribution in [1.29, 1.82) is 10.5 Å². The molecule has 64 heavy (non-hydrogen) atoms. The fourth-order valence-corrected chi connectivity index (χ4v) is 9.30. The molecule has 0 radical (unpaired) electrons. The molecule has 2 N–H and O–H groups in total. The molecule has 9 rings (SSSR count). The lowest BCUT2D eigenvalue weighted by Gasteiger charge is -2.40. The predicted molar refractivity (Wildman–Crippen MR) is 246 cm³/mol. The number of ether oxygens (including phenoxy) is 1. The Kier molecular flexibility index (Phi) is 12.9. The molecule has 1 saturated carbocycles. The summed E-state index contributed by atoms with van der Waals surface area (Å²) in [6, 6.07) is 28.1. The molecule has 1 aliphatic carbocycles. The molecule has 2 aliphatic heterocycles. The summed E-state index contributed by atoms with van der Waals surface area (Å²) >= 11 is 0. The third-order valence-electron chi connectivity index (χ3n) is 13.2. The van der Waals surface area contributed by atoms with Gasteiger partial charge in [-0.15, -0.1) is 0 Å². The molecule has 2 amide bonds. The van der Waals surface area contributed by atoms with Gasteiger partial charge in [0.1, 0.15) is 11.6 Å². The van der Waals surface area contributed by atoms with Crippen LogP contribution in [0, 0.1) is 57.3 Å². The number of piperidine rings is 1. The van der Waals surface area contributed by atoms with Gasteiger partial charge in [-0.3, -0.25) is 14.7 Å². The average molecular weight is 854 g/mol. The SMILES string of the molecule is COCc1[nH]c(C)nc1-c1cc(C(=O)N2CC(c3ccc(C#N)cc3)C2)c(C)cc1C.Cc1nc(-c2cc(C(=O)N3CCC(c4ccc(C#N)cc4)CC3)c(C)cc2C2CCC2)n[nH]1. The summed E-state index contributed by atoms with van der Waals surface area (Å²) < 4.78 is 5.31. The van der Waals surface area contributed by atoms with Gasteiger partial charge in [-0.05, 0) is 142 Å². The Labute approximate surface area is 375 Å². The zero-order valence-electron chi connectivity index (χ0n) is 37.6. The molecular formula is C52H55N9O3. The fraction of sp³-hybridized carbons (Fsp3) is 0.365. The van der Waals surface area contributed by atoms with Crippen LogP contribution in [0.5, 0.6) is 0 Å². The number of methoxy groups -OCH3 is 1. The van der Waals surface area contributed by atoms with Crippen molar-refractivity contribution in [3.05, 3.63) is 146 Å². The largest absolute Gasteiger partial charge is 0.378 e. The number of hydrogen-bond donors (Lipinski definition) is 2. The van der Waals surface area contributed by atoms with E-state index in [4.69, 9.17) is 15.3 Å². The molecule has 0 spiro atoms. The number of nitriles is 2. The van der Waals surface area contributed by atoms with Crippen molar-refractivity contribution in [3.8, 4) is 34.8 Å². The van der Waals surface area contributed by atoms with Crippen LogP contribution in [0.15, 0.2) is 72.8 Å². The van der Waals surface area contributed by atoms with Crippen molar-refractivity contribution < 1.29 is 14.3 Å². The van der Waals surface area contributed by atoms with Crippen molar-refractivity contribution in [2.75, 3.05) is 33.3 Å². The summed E-state index contributed by atoms with van der Waals surface area (Å²) in [4.78, 5) is 43.2. The van der Waals surface area contributed by atoms with Crippen LogP contribution in [0.4, 0.5) is 0 Å². The van der Waals surface area contributed by atoms with Crippen LogP contribution < -0.4 is 0 Å². The standard InChI is InChI=1S/C27H29N5O.C25H26N4O2/c1-17-14-24(22-4-3-5-22)25(26-29-18(2)30-31-26)15-23(17)27(33)32-12-10-21(11-13-32)20-8-6-19(16-28)7-9-20;1-15-9-16(2)22(10-21(15)24-23(14-31-4)27-17(3)28-24)25(30)29-12-20(13-29)19-7-5-18(11-26)6-8-19/h6-9,14-15,21-22H,3-5,10-13H2,1-2H3,(H,29,30,31);5-10,20H,12-14H2,1-4H3,(H,27,28). The molecule has 4 heterocycles. The first-order chi connectivity index (χ1) is 30.9. The maximum absolute atomic E-state index is 13.5. The van der Waals surface area contributed by atoms with Gasteiger partial charge in [-0.1, -0.05) is 42.8 Å². The third kappa shape index (κ3) is 9.11. The number of nitrogens with one attached hydrogen (secondary N) is 2. The highest BCUT2D eigenvalue weighted by Crippen LogP contribution is 2.42. The lowest BCUT2D eigenvalue weighted by atomic mass is 9.77. The highest BCUT2D eigenvalue weighted by Gasteiger charge is 2.34. The maximum atomic E-state index is 13.5. The first-order valence-corrected chi connectivity index (χ1v) is 22.2. The zero-order chi connectivity index (χ0) is 45.1. The van der Waals surface area contributed by atoms with Crippen LogP contribution in [0.2, 0.25) is 0 Å². The molecule has 3 fully saturated rings. The van der Waals surface area contributed by atoms with Gasteiger partial charge in [0.25, 0.3) is 11.8 Å². The number of aryl methyl sites for hydroxylation is 5. The van der Waals surface area contributed by atoms with Crippen LogP contribution in [0.1, 0.15) is 132 Å². The van der Waals surface area contributed by atoms with Gasteiger partial charge in [0.15, 0.2) is 5.82 Å². The molecular weight excluding hydrogens is 799 g/mol. The molecule has 2 saturated heterocycles. The van der Waals surface area contributed by atoms with Crippen LogP contribution in [0.3, 0.4) is 0 Å². The van der Waals surface area contributed by atoms with Gasteiger partial charge < -0.3 is 19.5 Å². The maximum Gasteiger partial charge on any atom is 0.254 e. The Morgan fingerprint density at radius 3 is 1.81 bits per heavy atom.